The highest BCUT2D eigenvalue weighted by Crippen LogP contribution is 2.29. The van der Waals surface area contributed by atoms with Gasteiger partial charge in [-0.2, -0.15) is 0 Å². The van der Waals surface area contributed by atoms with E-state index >= 15 is 0 Å². The first kappa shape index (κ1) is 13.4. The lowest BCUT2D eigenvalue weighted by Crippen LogP contribution is -2.47. The highest BCUT2D eigenvalue weighted by Gasteiger charge is 2.33. The third kappa shape index (κ3) is 3.48. The number of hydrogen-bond donors (Lipinski definition) is 2. The highest BCUT2D eigenvalue weighted by molar-refractivity contribution is 5.79. The molecule has 0 bridgehead atoms. The maximum atomic E-state index is 12.2. The number of nitrogens with two attached hydrogens (primary N) is 1. The van der Waals surface area contributed by atoms with Crippen molar-refractivity contribution in [3.8, 4) is 0 Å². The van der Waals surface area contributed by atoms with Crippen LogP contribution < -0.4 is 11.1 Å². The van der Waals surface area contributed by atoms with Crippen LogP contribution in [0, 0.1) is 5.92 Å². The molecule has 1 heterocycles. The van der Waals surface area contributed by atoms with Gasteiger partial charge < -0.3 is 16.0 Å². The Labute approximate surface area is 116 Å². The Morgan fingerprint density at radius 3 is 2.16 bits per heavy atom. The largest absolute Gasteiger partial charge is 0.353 e. The fourth-order valence-electron chi connectivity index (χ4n) is 3.55. The zero-order valence-corrected chi connectivity index (χ0v) is 11.8. The van der Waals surface area contributed by atoms with Gasteiger partial charge in [0.1, 0.15) is 0 Å². The third-order valence-corrected chi connectivity index (χ3v) is 5.08. The van der Waals surface area contributed by atoms with Gasteiger partial charge in [-0.3, -0.25) is 4.79 Å². The maximum absolute atomic E-state index is 12.2. The smallest absolute Gasteiger partial charge is 0.223 e. The summed E-state index contributed by atoms with van der Waals surface area (Å²) >= 11 is 0. The third-order valence-electron chi connectivity index (χ3n) is 5.08. The quantitative estimate of drug-likeness (QED) is 0.807. The molecule has 4 heteroatoms. The summed E-state index contributed by atoms with van der Waals surface area (Å²) in [5, 5.41) is 3.28. The summed E-state index contributed by atoms with van der Waals surface area (Å²) in [6.45, 7) is 2.34. The summed E-state index contributed by atoms with van der Waals surface area (Å²) in [5.74, 6) is 0.512. The van der Waals surface area contributed by atoms with Crippen molar-refractivity contribution >= 4 is 5.91 Å². The molecule has 1 aliphatic heterocycles. The van der Waals surface area contributed by atoms with Crippen molar-refractivity contribution in [2.24, 2.45) is 11.7 Å². The molecule has 3 aliphatic rings. The van der Waals surface area contributed by atoms with E-state index < -0.39 is 0 Å². The molecule has 19 heavy (non-hydrogen) atoms. The molecule has 3 N–H and O–H groups in total. The summed E-state index contributed by atoms with van der Waals surface area (Å²) in [6.07, 6.45) is 9.03. The van der Waals surface area contributed by atoms with E-state index in [0.717, 1.165) is 44.6 Å². The lowest BCUT2D eigenvalue weighted by atomic mass is 9.85. The molecule has 0 aromatic rings. The average molecular weight is 265 g/mol. The number of nitrogens with one attached hydrogen (secondary N) is 1. The molecular weight excluding hydrogens is 238 g/mol. The SMILES string of the molecule is NC1CCC(C(=O)NC2CCN(C3CC3)CC2)CC1. The number of carbonyl (C=O) groups excluding carboxylic acids is 1. The minimum Gasteiger partial charge on any atom is -0.353 e. The van der Waals surface area contributed by atoms with Crippen LogP contribution in [-0.2, 0) is 4.79 Å². The molecule has 0 spiro atoms. The van der Waals surface area contributed by atoms with Gasteiger partial charge in [-0.1, -0.05) is 0 Å². The average Bonchev–Trinajstić information content (AvgIpc) is 3.25. The Hall–Kier alpha value is -0.610. The molecular formula is C15H27N3O. The van der Waals surface area contributed by atoms with Crippen molar-refractivity contribution in [2.45, 2.75) is 69.5 Å². The molecule has 0 aromatic heterocycles. The Morgan fingerprint density at radius 2 is 1.58 bits per heavy atom. The molecule has 1 amide bonds. The van der Waals surface area contributed by atoms with E-state index in [1.807, 2.05) is 0 Å². The number of likely N-dealkylation sites (tertiary alicyclic amines) is 1. The van der Waals surface area contributed by atoms with Crippen LogP contribution in [0.3, 0.4) is 0 Å². The van der Waals surface area contributed by atoms with Crippen LogP contribution in [0.4, 0.5) is 0 Å². The van der Waals surface area contributed by atoms with Crippen molar-refractivity contribution in [2.75, 3.05) is 13.1 Å². The first-order chi connectivity index (χ1) is 9.22. The van der Waals surface area contributed by atoms with Gasteiger partial charge in [0.05, 0.1) is 0 Å². The second-order valence-corrected chi connectivity index (χ2v) is 6.66. The second kappa shape index (κ2) is 5.80. The van der Waals surface area contributed by atoms with Gasteiger partial charge in [0.15, 0.2) is 0 Å². The number of nitrogens with zero attached hydrogens (tertiary/aromatic N) is 1. The molecule has 0 radical (unpaired) electrons. The fourth-order valence-corrected chi connectivity index (χ4v) is 3.55. The molecule has 2 saturated carbocycles. The zero-order valence-electron chi connectivity index (χ0n) is 11.8. The van der Waals surface area contributed by atoms with Gasteiger partial charge in [0.2, 0.25) is 5.91 Å². The van der Waals surface area contributed by atoms with Crippen LogP contribution in [0.25, 0.3) is 0 Å². The molecule has 108 valence electrons. The first-order valence-corrected chi connectivity index (χ1v) is 8.02. The van der Waals surface area contributed by atoms with Crippen LogP contribution in [-0.4, -0.2) is 42.0 Å². The van der Waals surface area contributed by atoms with Crippen molar-refractivity contribution in [3.63, 3.8) is 0 Å². The monoisotopic (exact) mass is 265 g/mol. The summed E-state index contributed by atoms with van der Waals surface area (Å²) in [7, 11) is 0. The molecule has 1 saturated heterocycles. The number of carbonyl (C=O) groups is 1. The predicted molar refractivity (Wildman–Crippen MR) is 75.7 cm³/mol. The van der Waals surface area contributed by atoms with Crippen molar-refractivity contribution < 1.29 is 4.79 Å². The standard InChI is InChI=1S/C15H27N3O/c16-12-3-1-11(2-4-12)15(19)17-13-7-9-18(10-8-13)14-5-6-14/h11-14H,1-10,16H2,(H,17,19). The van der Waals surface area contributed by atoms with E-state index in [2.05, 4.69) is 10.2 Å². The number of hydrogen-bond acceptors (Lipinski definition) is 3. The maximum Gasteiger partial charge on any atom is 0.223 e. The minimum atomic E-state index is 0.223. The van der Waals surface area contributed by atoms with Crippen LogP contribution in [0.5, 0.6) is 0 Å². The van der Waals surface area contributed by atoms with Gasteiger partial charge in [-0.05, 0) is 51.4 Å². The summed E-state index contributed by atoms with van der Waals surface area (Å²) < 4.78 is 0. The van der Waals surface area contributed by atoms with Gasteiger partial charge in [0, 0.05) is 37.1 Å². The molecule has 0 unspecified atom stereocenters. The van der Waals surface area contributed by atoms with E-state index in [-0.39, 0.29) is 11.8 Å². The van der Waals surface area contributed by atoms with Crippen molar-refractivity contribution in [3.05, 3.63) is 0 Å². The van der Waals surface area contributed by atoms with Gasteiger partial charge >= 0.3 is 0 Å². The predicted octanol–water partition coefficient (Wildman–Crippen LogP) is 1.25. The zero-order chi connectivity index (χ0) is 13.2. The van der Waals surface area contributed by atoms with E-state index in [1.165, 1.54) is 25.9 Å². The first-order valence-electron chi connectivity index (χ1n) is 8.02. The topological polar surface area (TPSA) is 58.4 Å². The van der Waals surface area contributed by atoms with Crippen molar-refractivity contribution in [1.82, 2.24) is 10.2 Å². The highest BCUT2D eigenvalue weighted by atomic mass is 16.1. The normalized spacial score (nSPS) is 34.2. The number of amides is 1. The van der Waals surface area contributed by atoms with E-state index in [4.69, 9.17) is 5.73 Å². The lowest BCUT2D eigenvalue weighted by molar-refractivity contribution is -0.127. The molecule has 0 aromatic carbocycles. The molecule has 0 atom stereocenters. The van der Waals surface area contributed by atoms with Crippen LogP contribution >= 0.6 is 0 Å². The van der Waals surface area contributed by atoms with Gasteiger partial charge in [-0.15, -0.1) is 0 Å². The number of rotatable bonds is 3. The van der Waals surface area contributed by atoms with Crippen LogP contribution in [0.1, 0.15) is 51.4 Å². The number of piperidine rings is 1. The fraction of sp³-hybridized carbons (Fsp3) is 0.933. The molecule has 4 nitrogen and oxygen atoms in total. The lowest BCUT2D eigenvalue weighted by Gasteiger charge is -2.34. The summed E-state index contributed by atoms with van der Waals surface area (Å²) in [5.41, 5.74) is 5.89. The summed E-state index contributed by atoms with van der Waals surface area (Å²) in [4.78, 5) is 14.8. The molecule has 3 fully saturated rings. The van der Waals surface area contributed by atoms with Crippen molar-refractivity contribution in [1.29, 1.82) is 0 Å². The second-order valence-electron chi connectivity index (χ2n) is 6.66. The Bertz CT molecular complexity index is 313. The van der Waals surface area contributed by atoms with E-state index in [9.17, 15) is 4.79 Å². The van der Waals surface area contributed by atoms with E-state index in [1.54, 1.807) is 0 Å². The van der Waals surface area contributed by atoms with Crippen LogP contribution in [0.2, 0.25) is 0 Å². The van der Waals surface area contributed by atoms with Crippen LogP contribution in [0.15, 0.2) is 0 Å². The van der Waals surface area contributed by atoms with E-state index in [0.29, 0.717) is 12.1 Å². The Morgan fingerprint density at radius 1 is 0.947 bits per heavy atom. The summed E-state index contributed by atoms with van der Waals surface area (Å²) in [6, 6.07) is 1.61. The molecule has 2 aliphatic carbocycles. The minimum absolute atomic E-state index is 0.223. The Kier molecular flexibility index (Phi) is 4.08. The molecule has 3 rings (SSSR count). The Balaban J connectivity index is 1.40. The van der Waals surface area contributed by atoms with Gasteiger partial charge in [0.25, 0.3) is 0 Å². The van der Waals surface area contributed by atoms with Gasteiger partial charge in [-0.25, -0.2) is 0 Å².